The van der Waals surface area contributed by atoms with Crippen LogP contribution in [0.4, 0.5) is 0 Å². The molecule has 2 aromatic rings. The van der Waals surface area contributed by atoms with Crippen LogP contribution in [0.2, 0.25) is 10.0 Å². The van der Waals surface area contributed by atoms with E-state index in [9.17, 15) is 4.79 Å². The molecule has 0 bridgehead atoms. The summed E-state index contributed by atoms with van der Waals surface area (Å²) in [6.45, 7) is 0.685. The summed E-state index contributed by atoms with van der Waals surface area (Å²) >= 11 is 12.6. The van der Waals surface area contributed by atoms with E-state index in [1.54, 1.807) is 12.1 Å². The maximum absolute atomic E-state index is 12.7. The van der Waals surface area contributed by atoms with Gasteiger partial charge in [0.2, 0.25) is 0 Å². The number of aromatic nitrogens is 4. The molecular weight excluding hydrogens is 351 g/mol. The number of hydrogen-bond acceptors (Lipinski definition) is 5. The van der Waals surface area contributed by atoms with E-state index in [4.69, 9.17) is 27.9 Å². The van der Waals surface area contributed by atoms with Gasteiger partial charge < -0.3 is 4.74 Å². The van der Waals surface area contributed by atoms with E-state index in [2.05, 4.69) is 15.4 Å². The van der Waals surface area contributed by atoms with Gasteiger partial charge in [-0.1, -0.05) is 42.5 Å². The van der Waals surface area contributed by atoms with E-state index in [1.165, 1.54) is 17.5 Å². The van der Waals surface area contributed by atoms with Gasteiger partial charge in [-0.3, -0.25) is 4.79 Å². The van der Waals surface area contributed by atoms with E-state index < -0.39 is 0 Å². The average molecular weight is 369 g/mol. The summed E-state index contributed by atoms with van der Waals surface area (Å²) in [5, 5.41) is 11.9. The zero-order chi connectivity index (χ0) is 16.9. The monoisotopic (exact) mass is 368 g/mol. The summed E-state index contributed by atoms with van der Waals surface area (Å²) in [6.07, 6.45) is 6.58. The topological polar surface area (TPSA) is 69.9 Å². The van der Waals surface area contributed by atoms with Crippen molar-refractivity contribution in [3.05, 3.63) is 34.1 Å². The number of nitrogens with zero attached hydrogens (tertiary/aromatic N) is 4. The summed E-state index contributed by atoms with van der Waals surface area (Å²) in [6, 6.07) is 3.35. The first-order chi connectivity index (χ1) is 11.7. The van der Waals surface area contributed by atoms with Crippen LogP contribution in [-0.2, 0) is 6.54 Å². The fraction of sp³-hybridized carbons (Fsp3) is 0.500. The number of carbonyl (C=O) groups is 1. The SMILES string of the molecule is O=C(c1ccc(Cl)c(OCCn2ncnn2)c1Cl)C1CCCCC1. The molecule has 0 unspecified atom stereocenters. The molecule has 0 atom stereocenters. The third-order valence-corrected chi connectivity index (χ3v) is 4.89. The number of halogens is 2. The minimum atomic E-state index is 0.0459. The fourth-order valence-electron chi connectivity index (χ4n) is 2.96. The van der Waals surface area contributed by atoms with Crippen molar-refractivity contribution in [3.63, 3.8) is 0 Å². The zero-order valence-electron chi connectivity index (χ0n) is 13.1. The molecule has 1 saturated carbocycles. The molecule has 1 aliphatic rings. The zero-order valence-corrected chi connectivity index (χ0v) is 14.6. The molecule has 1 aliphatic carbocycles. The number of ketones is 1. The van der Waals surface area contributed by atoms with Crippen LogP contribution in [0.5, 0.6) is 5.75 Å². The van der Waals surface area contributed by atoms with Crippen LogP contribution in [0.15, 0.2) is 18.5 Å². The van der Waals surface area contributed by atoms with Crippen LogP contribution >= 0.6 is 23.2 Å². The number of carbonyl (C=O) groups excluding carboxylic acids is 1. The summed E-state index contributed by atoms with van der Waals surface area (Å²) in [5.74, 6) is 0.462. The van der Waals surface area contributed by atoms with Crippen molar-refractivity contribution in [1.29, 1.82) is 0 Å². The Balaban J connectivity index is 1.73. The number of rotatable bonds is 6. The van der Waals surface area contributed by atoms with Gasteiger partial charge in [-0.05, 0) is 30.2 Å². The number of tetrazole rings is 1. The first kappa shape index (κ1) is 17.2. The predicted molar refractivity (Wildman–Crippen MR) is 90.7 cm³/mol. The highest BCUT2D eigenvalue weighted by Crippen LogP contribution is 2.38. The van der Waals surface area contributed by atoms with Gasteiger partial charge in [-0.15, -0.1) is 10.2 Å². The van der Waals surface area contributed by atoms with Gasteiger partial charge in [0, 0.05) is 11.5 Å². The Bertz CT molecular complexity index is 700. The first-order valence-corrected chi connectivity index (χ1v) is 8.78. The third-order valence-electron chi connectivity index (χ3n) is 4.22. The van der Waals surface area contributed by atoms with Crippen molar-refractivity contribution >= 4 is 29.0 Å². The highest BCUT2D eigenvalue weighted by atomic mass is 35.5. The Morgan fingerprint density at radius 3 is 2.75 bits per heavy atom. The van der Waals surface area contributed by atoms with Crippen LogP contribution in [0.3, 0.4) is 0 Å². The third kappa shape index (κ3) is 3.87. The van der Waals surface area contributed by atoms with Gasteiger partial charge in [-0.25, -0.2) is 0 Å². The van der Waals surface area contributed by atoms with Crippen molar-refractivity contribution < 1.29 is 9.53 Å². The van der Waals surface area contributed by atoms with E-state index in [0.29, 0.717) is 22.9 Å². The molecule has 0 spiro atoms. The number of hydrogen-bond donors (Lipinski definition) is 0. The summed E-state index contributed by atoms with van der Waals surface area (Å²) in [4.78, 5) is 14.1. The molecule has 1 aromatic carbocycles. The molecule has 0 N–H and O–H groups in total. The summed E-state index contributed by atoms with van der Waals surface area (Å²) < 4.78 is 5.67. The molecule has 3 rings (SSSR count). The molecular formula is C16H18Cl2N4O2. The van der Waals surface area contributed by atoms with Gasteiger partial charge in [0.15, 0.2) is 17.9 Å². The maximum Gasteiger partial charge on any atom is 0.167 e. The molecule has 128 valence electrons. The molecule has 0 radical (unpaired) electrons. The Labute approximate surface area is 150 Å². The Morgan fingerprint density at radius 1 is 1.25 bits per heavy atom. The highest BCUT2D eigenvalue weighted by molar-refractivity contribution is 6.39. The standard InChI is InChI=1S/C16H18Cl2N4O2/c17-13-7-6-12(15(23)11-4-2-1-3-5-11)14(18)16(13)24-9-8-22-20-10-19-21-22/h6-7,10-11H,1-5,8-9H2. The molecule has 0 saturated heterocycles. The highest BCUT2D eigenvalue weighted by Gasteiger charge is 2.26. The minimum absolute atomic E-state index is 0.0459. The molecule has 0 aliphatic heterocycles. The van der Waals surface area contributed by atoms with Crippen molar-refractivity contribution in [2.45, 2.75) is 38.6 Å². The molecule has 1 aromatic heterocycles. The largest absolute Gasteiger partial charge is 0.488 e. The number of Topliss-reactive ketones (excluding diaryl/α,β-unsaturated/α-hetero) is 1. The lowest BCUT2D eigenvalue weighted by atomic mass is 9.84. The molecule has 0 amide bonds. The summed E-state index contributed by atoms with van der Waals surface area (Å²) in [7, 11) is 0. The lowest BCUT2D eigenvalue weighted by molar-refractivity contribution is 0.0889. The minimum Gasteiger partial charge on any atom is -0.488 e. The average Bonchev–Trinajstić information content (AvgIpc) is 3.11. The molecule has 8 heteroatoms. The fourth-order valence-corrected chi connectivity index (χ4v) is 3.53. The van der Waals surface area contributed by atoms with E-state index in [1.807, 2.05) is 0 Å². The van der Waals surface area contributed by atoms with E-state index in [0.717, 1.165) is 25.7 Å². The number of benzene rings is 1. The van der Waals surface area contributed by atoms with Crippen molar-refractivity contribution in [1.82, 2.24) is 20.2 Å². The van der Waals surface area contributed by atoms with Crippen LogP contribution in [-0.4, -0.2) is 32.6 Å². The molecule has 1 heterocycles. The van der Waals surface area contributed by atoms with Gasteiger partial charge in [-0.2, -0.15) is 4.80 Å². The van der Waals surface area contributed by atoms with Gasteiger partial charge in [0.25, 0.3) is 0 Å². The second-order valence-electron chi connectivity index (χ2n) is 5.82. The van der Waals surface area contributed by atoms with Crippen LogP contribution in [0.25, 0.3) is 0 Å². The second kappa shape index (κ2) is 7.94. The van der Waals surface area contributed by atoms with Crippen molar-refractivity contribution in [2.24, 2.45) is 5.92 Å². The van der Waals surface area contributed by atoms with E-state index >= 15 is 0 Å². The Hall–Kier alpha value is -1.66. The maximum atomic E-state index is 12.7. The quantitative estimate of drug-likeness (QED) is 0.724. The van der Waals surface area contributed by atoms with E-state index in [-0.39, 0.29) is 23.3 Å². The molecule has 24 heavy (non-hydrogen) atoms. The van der Waals surface area contributed by atoms with Crippen molar-refractivity contribution in [3.8, 4) is 5.75 Å². The smallest absolute Gasteiger partial charge is 0.167 e. The molecule has 6 nitrogen and oxygen atoms in total. The van der Waals surface area contributed by atoms with Gasteiger partial charge >= 0.3 is 0 Å². The van der Waals surface area contributed by atoms with Crippen LogP contribution < -0.4 is 4.74 Å². The summed E-state index contributed by atoms with van der Waals surface area (Å²) in [5.41, 5.74) is 0.488. The lowest BCUT2D eigenvalue weighted by Crippen LogP contribution is -2.18. The van der Waals surface area contributed by atoms with Crippen LogP contribution in [0, 0.1) is 5.92 Å². The second-order valence-corrected chi connectivity index (χ2v) is 6.60. The van der Waals surface area contributed by atoms with Crippen LogP contribution in [0.1, 0.15) is 42.5 Å². The van der Waals surface area contributed by atoms with Crippen molar-refractivity contribution in [2.75, 3.05) is 6.61 Å². The van der Waals surface area contributed by atoms with Gasteiger partial charge in [0.05, 0.1) is 16.6 Å². The Kier molecular flexibility index (Phi) is 5.68. The Morgan fingerprint density at radius 2 is 2.04 bits per heavy atom. The first-order valence-electron chi connectivity index (χ1n) is 8.02. The molecule has 1 fully saturated rings. The van der Waals surface area contributed by atoms with Gasteiger partial charge in [0.1, 0.15) is 6.61 Å². The normalized spacial score (nSPS) is 15.4. The predicted octanol–water partition coefficient (Wildman–Crippen LogP) is 3.82. The lowest BCUT2D eigenvalue weighted by Gasteiger charge is -2.21. The number of ether oxygens (including phenoxy) is 1.